The predicted octanol–water partition coefficient (Wildman–Crippen LogP) is 2.67. The molecule has 2 fully saturated rings. The van der Waals surface area contributed by atoms with Crippen LogP contribution in [0.25, 0.3) is 0 Å². The van der Waals surface area contributed by atoms with E-state index in [-0.39, 0.29) is 21.7 Å². The standard InChI is InChI=1S/C17H23ClN2O3S/c1-13-6-7-16(15(18)12-13)24(22,23)20-10-8-19(9-11-20)17(21)14-4-2-3-5-14/h6-7,12,14H,2-5,8-11H2,1H3. The fourth-order valence-electron chi connectivity index (χ4n) is 3.53. The van der Waals surface area contributed by atoms with Gasteiger partial charge in [-0.15, -0.1) is 0 Å². The zero-order valence-electron chi connectivity index (χ0n) is 13.9. The lowest BCUT2D eigenvalue weighted by atomic mass is 10.1. The fraction of sp³-hybridized carbons (Fsp3) is 0.588. The summed E-state index contributed by atoms with van der Waals surface area (Å²) in [6.07, 6.45) is 4.18. The van der Waals surface area contributed by atoms with Gasteiger partial charge in [0.1, 0.15) is 4.90 Å². The zero-order valence-corrected chi connectivity index (χ0v) is 15.4. The van der Waals surface area contributed by atoms with Crippen molar-refractivity contribution in [2.45, 2.75) is 37.5 Å². The highest BCUT2D eigenvalue weighted by molar-refractivity contribution is 7.89. The van der Waals surface area contributed by atoms with Gasteiger partial charge in [0, 0.05) is 32.1 Å². The van der Waals surface area contributed by atoms with Crippen LogP contribution in [0.2, 0.25) is 5.02 Å². The number of halogens is 1. The predicted molar refractivity (Wildman–Crippen MR) is 93.5 cm³/mol. The first-order chi connectivity index (χ1) is 11.4. The third kappa shape index (κ3) is 3.46. The summed E-state index contributed by atoms with van der Waals surface area (Å²) in [7, 11) is -3.61. The Morgan fingerprint density at radius 1 is 1.12 bits per heavy atom. The van der Waals surface area contributed by atoms with Gasteiger partial charge in [0.15, 0.2) is 0 Å². The molecule has 1 saturated carbocycles. The van der Waals surface area contributed by atoms with Crippen molar-refractivity contribution in [1.29, 1.82) is 0 Å². The lowest BCUT2D eigenvalue weighted by molar-refractivity contribution is -0.136. The smallest absolute Gasteiger partial charge is 0.244 e. The van der Waals surface area contributed by atoms with Crippen molar-refractivity contribution in [2.24, 2.45) is 5.92 Å². The second-order valence-corrected chi connectivity index (χ2v) is 8.96. The maximum absolute atomic E-state index is 12.8. The number of amides is 1. The first-order valence-electron chi connectivity index (χ1n) is 8.44. The van der Waals surface area contributed by atoms with E-state index in [9.17, 15) is 13.2 Å². The van der Waals surface area contributed by atoms with Crippen molar-refractivity contribution in [3.05, 3.63) is 28.8 Å². The first kappa shape index (κ1) is 17.7. The Labute approximate surface area is 148 Å². The minimum Gasteiger partial charge on any atom is -0.340 e. The number of nitrogens with zero attached hydrogens (tertiary/aromatic N) is 2. The van der Waals surface area contributed by atoms with E-state index in [1.807, 2.05) is 11.8 Å². The molecule has 3 rings (SSSR count). The Bertz CT molecular complexity index is 721. The number of benzene rings is 1. The van der Waals surface area contributed by atoms with Crippen LogP contribution in [0.1, 0.15) is 31.2 Å². The van der Waals surface area contributed by atoms with Crippen LogP contribution in [0.5, 0.6) is 0 Å². The van der Waals surface area contributed by atoms with Crippen LogP contribution in [-0.2, 0) is 14.8 Å². The van der Waals surface area contributed by atoms with Crippen molar-refractivity contribution >= 4 is 27.5 Å². The molecule has 0 atom stereocenters. The molecular weight excluding hydrogens is 348 g/mol. The Balaban J connectivity index is 1.68. The summed E-state index contributed by atoms with van der Waals surface area (Å²) in [5, 5.41) is 0.250. The van der Waals surface area contributed by atoms with E-state index in [4.69, 9.17) is 11.6 Å². The second-order valence-electron chi connectivity index (χ2n) is 6.64. The number of carbonyl (C=O) groups excluding carboxylic acids is 1. The maximum atomic E-state index is 12.8. The average molecular weight is 371 g/mol. The van der Waals surface area contributed by atoms with Gasteiger partial charge in [0.25, 0.3) is 0 Å². The monoisotopic (exact) mass is 370 g/mol. The van der Waals surface area contributed by atoms with Crippen LogP contribution in [-0.4, -0.2) is 49.7 Å². The lowest BCUT2D eigenvalue weighted by Crippen LogP contribution is -2.51. The molecule has 0 aromatic heterocycles. The SMILES string of the molecule is Cc1ccc(S(=O)(=O)N2CCN(C(=O)C3CCCC3)CC2)c(Cl)c1. The quantitative estimate of drug-likeness (QED) is 0.821. The Hall–Kier alpha value is -1.11. The molecule has 1 aromatic carbocycles. The maximum Gasteiger partial charge on any atom is 0.244 e. The number of rotatable bonds is 3. The van der Waals surface area contributed by atoms with Gasteiger partial charge >= 0.3 is 0 Å². The molecule has 1 aliphatic carbocycles. The minimum absolute atomic E-state index is 0.139. The van der Waals surface area contributed by atoms with E-state index < -0.39 is 10.0 Å². The first-order valence-corrected chi connectivity index (χ1v) is 10.3. The normalized spacial score (nSPS) is 20.5. The Morgan fingerprint density at radius 3 is 2.33 bits per heavy atom. The third-order valence-electron chi connectivity index (χ3n) is 4.96. The molecule has 5 nitrogen and oxygen atoms in total. The van der Waals surface area contributed by atoms with Crippen LogP contribution >= 0.6 is 11.6 Å². The van der Waals surface area contributed by atoms with Crippen LogP contribution in [0.3, 0.4) is 0 Å². The Kier molecular flexibility index (Phi) is 5.18. The average Bonchev–Trinajstić information content (AvgIpc) is 3.08. The summed E-state index contributed by atoms with van der Waals surface area (Å²) in [6.45, 7) is 3.43. The van der Waals surface area contributed by atoms with Gasteiger partial charge in [-0.05, 0) is 37.5 Å². The number of sulfonamides is 1. The molecule has 1 amide bonds. The largest absolute Gasteiger partial charge is 0.340 e. The molecule has 7 heteroatoms. The van der Waals surface area contributed by atoms with E-state index in [1.165, 1.54) is 4.31 Å². The van der Waals surface area contributed by atoms with Crippen LogP contribution in [0.4, 0.5) is 0 Å². The molecule has 24 heavy (non-hydrogen) atoms. The van der Waals surface area contributed by atoms with Crippen LogP contribution < -0.4 is 0 Å². The van der Waals surface area contributed by atoms with Gasteiger partial charge in [0.2, 0.25) is 15.9 Å². The molecule has 0 bridgehead atoms. The van der Waals surface area contributed by atoms with E-state index >= 15 is 0 Å². The molecule has 0 unspecified atom stereocenters. The number of hydrogen-bond donors (Lipinski definition) is 0. The topological polar surface area (TPSA) is 57.7 Å². The van der Waals surface area contributed by atoms with Gasteiger partial charge in [-0.25, -0.2) is 8.42 Å². The van der Waals surface area contributed by atoms with Crippen molar-refractivity contribution in [2.75, 3.05) is 26.2 Å². The van der Waals surface area contributed by atoms with E-state index in [2.05, 4.69) is 0 Å². The number of aryl methyl sites for hydroxylation is 1. The van der Waals surface area contributed by atoms with E-state index in [0.29, 0.717) is 26.2 Å². The molecular formula is C17H23ClN2O3S. The molecule has 2 aliphatic rings. The summed E-state index contributed by atoms with van der Waals surface area (Å²) in [6, 6.07) is 4.97. The van der Waals surface area contributed by atoms with E-state index in [0.717, 1.165) is 31.2 Å². The number of carbonyl (C=O) groups is 1. The summed E-state index contributed by atoms with van der Waals surface area (Å²) in [5.74, 6) is 0.331. The highest BCUT2D eigenvalue weighted by Crippen LogP contribution is 2.29. The molecule has 0 N–H and O–H groups in total. The number of hydrogen-bond acceptors (Lipinski definition) is 3. The molecule has 0 radical (unpaired) electrons. The molecule has 1 aromatic rings. The molecule has 1 heterocycles. The molecule has 1 aliphatic heterocycles. The second kappa shape index (κ2) is 7.02. The summed E-state index contributed by atoms with van der Waals surface area (Å²) in [5.41, 5.74) is 0.922. The number of piperazine rings is 1. The van der Waals surface area contributed by atoms with Gasteiger partial charge in [-0.3, -0.25) is 4.79 Å². The van der Waals surface area contributed by atoms with Crippen molar-refractivity contribution < 1.29 is 13.2 Å². The van der Waals surface area contributed by atoms with Crippen LogP contribution in [0, 0.1) is 12.8 Å². The van der Waals surface area contributed by atoms with Gasteiger partial charge in [-0.1, -0.05) is 30.5 Å². The molecule has 1 saturated heterocycles. The van der Waals surface area contributed by atoms with Crippen molar-refractivity contribution in [1.82, 2.24) is 9.21 Å². The van der Waals surface area contributed by atoms with Crippen molar-refractivity contribution in [3.63, 3.8) is 0 Å². The van der Waals surface area contributed by atoms with Gasteiger partial charge < -0.3 is 4.90 Å². The highest BCUT2D eigenvalue weighted by atomic mass is 35.5. The van der Waals surface area contributed by atoms with Gasteiger partial charge in [-0.2, -0.15) is 4.31 Å². The van der Waals surface area contributed by atoms with Crippen LogP contribution in [0.15, 0.2) is 23.1 Å². The summed E-state index contributed by atoms with van der Waals surface area (Å²) < 4.78 is 27.0. The van der Waals surface area contributed by atoms with E-state index in [1.54, 1.807) is 18.2 Å². The summed E-state index contributed by atoms with van der Waals surface area (Å²) in [4.78, 5) is 14.4. The molecule has 132 valence electrons. The Morgan fingerprint density at radius 2 is 1.75 bits per heavy atom. The summed E-state index contributed by atoms with van der Waals surface area (Å²) >= 11 is 6.13. The fourth-order valence-corrected chi connectivity index (χ4v) is 5.53. The highest BCUT2D eigenvalue weighted by Gasteiger charge is 2.34. The third-order valence-corrected chi connectivity index (χ3v) is 7.34. The van der Waals surface area contributed by atoms with Crippen molar-refractivity contribution in [3.8, 4) is 0 Å². The lowest BCUT2D eigenvalue weighted by Gasteiger charge is -2.35. The molecule has 0 spiro atoms. The zero-order chi connectivity index (χ0) is 17.3. The van der Waals surface area contributed by atoms with Gasteiger partial charge in [0.05, 0.1) is 5.02 Å². The minimum atomic E-state index is -3.61.